The van der Waals surface area contributed by atoms with Gasteiger partial charge in [-0.1, -0.05) is 32.3 Å². The molecule has 1 saturated carbocycles. The van der Waals surface area contributed by atoms with Gasteiger partial charge in [-0.05, 0) is 56.4 Å². The van der Waals surface area contributed by atoms with Crippen LogP contribution in [-0.4, -0.2) is 10.7 Å². The highest BCUT2D eigenvalue weighted by Crippen LogP contribution is 2.43. The standard InChI is InChI=1S/C15H26O/c1-2-13-10-11-15(16,12-13)14-8-6-4-3-5-7-9-14/h8,13,16H,2-7,9-12H2,1H3. The summed E-state index contributed by atoms with van der Waals surface area (Å²) in [5.74, 6) is 0.761. The van der Waals surface area contributed by atoms with Crippen molar-refractivity contribution >= 4 is 0 Å². The van der Waals surface area contributed by atoms with E-state index in [0.29, 0.717) is 0 Å². The van der Waals surface area contributed by atoms with Gasteiger partial charge in [-0.25, -0.2) is 0 Å². The monoisotopic (exact) mass is 222 g/mol. The molecule has 0 aromatic rings. The summed E-state index contributed by atoms with van der Waals surface area (Å²) in [7, 11) is 0. The summed E-state index contributed by atoms with van der Waals surface area (Å²) in [6.45, 7) is 2.25. The summed E-state index contributed by atoms with van der Waals surface area (Å²) in [6.07, 6.45) is 14.5. The van der Waals surface area contributed by atoms with Gasteiger partial charge in [0.05, 0.1) is 5.60 Å². The van der Waals surface area contributed by atoms with Gasteiger partial charge >= 0.3 is 0 Å². The van der Waals surface area contributed by atoms with Gasteiger partial charge in [0, 0.05) is 0 Å². The Labute approximate surface area is 99.9 Å². The van der Waals surface area contributed by atoms with Crippen molar-refractivity contribution in [2.45, 2.75) is 76.7 Å². The first-order valence-electron chi connectivity index (χ1n) is 7.16. The van der Waals surface area contributed by atoms with Gasteiger partial charge in [-0.15, -0.1) is 0 Å². The molecule has 0 radical (unpaired) electrons. The van der Waals surface area contributed by atoms with Crippen LogP contribution in [0.5, 0.6) is 0 Å². The van der Waals surface area contributed by atoms with Gasteiger partial charge in [-0.2, -0.15) is 0 Å². The van der Waals surface area contributed by atoms with E-state index in [4.69, 9.17) is 0 Å². The van der Waals surface area contributed by atoms with Crippen molar-refractivity contribution in [1.82, 2.24) is 0 Å². The minimum absolute atomic E-state index is 0.419. The highest BCUT2D eigenvalue weighted by atomic mass is 16.3. The van der Waals surface area contributed by atoms with E-state index in [1.165, 1.54) is 50.5 Å². The van der Waals surface area contributed by atoms with Gasteiger partial charge in [0.25, 0.3) is 0 Å². The van der Waals surface area contributed by atoms with Crippen LogP contribution in [0, 0.1) is 5.92 Å². The molecular formula is C15H26O. The third-order valence-electron chi connectivity index (χ3n) is 4.56. The molecule has 0 aromatic carbocycles. The molecule has 0 aromatic heterocycles. The lowest BCUT2D eigenvalue weighted by molar-refractivity contribution is 0.0766. The minimum Gasteiger partial charge on any atom is -0.386 e. The van der Waals surface area contributed by atoms with Crippen molar-refractivity contribution in [1.29, 1.82) is 0 Å². The molecule has 2 unspecified atom stereocenters. The largest absolute Gasteiger partial charge is 0.386 e. The van der Waals surface area contributed by atoms with Gasteiger partial charge in [0.15, 0.2) is 0 Å². The van der Waals surface area contributed by atoms with Crippen LogP contribution in [0.3, 0.4) is 0 Å². The molecule has 0 aliphatic heterocycles. The Bertz CT molecular complexity index is 256. The van der Waals surface area contributed by atoms with Gasteiger partial charge in [-0.3, -0.25) is 0 Å². The Morgan fingerprint density at radius 2 is 2.12 bits per heavy atom. The van der Waals surface area contributed by atoms with Gasteiger partial charge in [0.1, 0.15) is 0 Å². The minimum atomic E-state index is -0.419. The Morgan fingerprint density at radius 1 is 1.31 bits per heavy atom. The zero-order valence-electron chi connectivity index (χ0n) is 10.7. The Kier molecular flexibility index (Phi) is 4.07. The zero-order chi connectivity index (χ0) is 11.4. The Morgan fingerprint density at radius 3 is 2.88 bits per heavy atom. The van der Waals surface area contributed by atoms with Crippen molar-refractivity contribution in [2.75, 3.05) is 0 Å². The molecule has 0 amide bonds. The first kappa shape index (κ1) is 12.2. The lowest BCUT2D eigenvalue weighted by Crippen LogP contribution is -2.28. The van der Waals surface area contributed by atoms with Crippen LogP contribution in [0.15, 0.2) is 11.6 Å². The lowest BCUT2D eigenvalue weighted by Gasteiger charge is -2.28. The van der Waals surface area contributed by atoms with Crippen LogP contribution in [0.4, 0.5) is 0 Å². The van der Waals surface area contributed by atoms with Crippen LogP contribution in [-0.2, 0) is 0 Å². The quantitative estimate of drug-likeness (QED) is 0.694. The zero-order valence-corrected chi connectivity index (χ0v) is 10.7. The topological polar surface area (TPSA) is 20.2 Å². The first-order valence-corrected chi connectivity index (χ1v) is 7.16. The summed E-state index contributed by atoms with van der Waals surface area (Å²) < 4.78 is 0. The molecular weight excluding hydrogens is 196 g/mol. The maximum absolute atomic E-state index is 10.8. The smallest absolute Gasteiger partial charge is 0.0859 e. The maximum Gasteiger partial charge on any atom is 0.0859 e. The lowest BCUT2D eigenvalue weighted by atomic mass is 9.84. The van der Waals surface area contributed by atoms with E-state index in [1.807, 2.05) is 0 Å². The highest BCUT2D eigenvalue weighted by molar-refractivity contribution is 5.19. The second kappa shape index (κ2) is 5.35. The van der Waals surface area contributed by atoms with E-state index in [1.54, 1.807) is 0 Å². The van der Waals surface area contributed by atoms with Crippen LogP contribution in [0.25, 0.3) is 0 Å². The number of hydrogen-bond acceptors (Lipinski definition) is 1. The maximum atomic E-state index is 10.8. The molecule has 1 N–H and O–H groups in total. The molecule has 2 rings (SSSR count). The predicted molar refractivity (Wildman–Crippen MR) is 68.4 cm³/mol. The normalized spacial score (nSPS) is 36.6. The molecule has 16 heavy (non-hydrogen) atoms. The summed E-state index contributed by atoms with van der Waals surface area (Å²) in [5, 5.41) is 10.8. The SMILES string of the molecule is CCC1CCC(O)(C2=CCCCCCC2)C1. The van der Waals surface area contributed by atoms with E-state index < -0.39 is 5.60 Å². The molecule has 0 bridgehead atoms. The van der Waals surface area contributed by atoms with Crippen molar-refractivity contribution in [3.63, 3.8) is 0 Å². The van der Waals surface area contributed by atoms with Crippen LogP contribution >= 0.6 is 0 Å². The van der Waals surface area contributed by atoms with Crippen molar-refractivity contribution in [3.8, 4) is 0 Å². The Hall–Kier alpha value is -0.300. The summed E-state index contributed by atoms with van der Waals surface area (Å²) in [6, 6.07) is 0. The molecule has 0 saturated heterocycles. The predicted octanol–water partition coefficient (Wildman–Crippen LogP) is 4.21. The fourth-order valence-electron chi connectivity index (χ4n) is 3.38. The molecule has 1 nitrogen and oxygen atoms in total. The fourth-order valence-corrected chi connectivity index (χ4v) is 3.38. The average Bonchev–Trinajstić information content (AvgIpc) is 2.60. The second-order valence-corrected chi connectivity index (χ2v) is 5.73. The van der Waals surface area contributed by atoms with E-state index in [-0.39, 0.29) is 0 Å². The molecule has 0 heterocycles. The van der Waals surface area contributed by atoms with Crippen LogP contribution < -0.4 is 0 Å². The van der Waals surface area contributed by atoms with Gasteiger partial charge < -0.3 is 5.11 Å². The van der Waals surface area contributed by atoms with Crippen molar-refractivity contribution < 1.29 is 5.11 Å². The number of aliphatic hydroxyl groups is 1. The van der Waals surface area contributed by atoms with E-state index >= 15 is 0 Å². The number of hydrogen-bond donors (Lipinski definition) is 1. The number of allylic oxidation sites excluding steroid dienone is 1. The molecule has 2 atom stereocenters. The third-order valence-corrected chi connectivity index (χ3v) is 4.56. The highest BCUT2D eigenvalue weighted by Gasteiger charge is 2.38. The van der Waals surface area contributed by atoms with Gasteiger partial charge in [0.2, 0.25) is 0 Å². The van der Waals surface area contributed by atoms with Crippen LogP contribution in [0.2, 0.25) is 0 Å². The molecule has 2 aliphatic carbocycles. The first-order chi connectivity index (χ1) is 7.74. The number of rotatable bonds is 2. The van der Waals surface area contributed by atoms with E-state index in [0.717, 1.165) is 25.2 Å². The van der Waals surface area contributed by atoms with E-state index in [9.17, 15) is 5.11 Å². The Balaban J connectivity index is 2.04. The molecule has 0 spiro atoms. The van der Waals surface area contributed by atoms with Crippen molar-refractivity contribution in [3.05, 3.63) is 11.6 Å². The fraction of sp³-hybridized carbons (Fsp3) is 0.867. The molecule has 2 aliphatic rings. The molecule has 92 valence electrons. The molecule has 1 heteroatoms. The molecule has 1 fully saturated rings. The summed E-state index contributed by atoms with van der Waals surface area (Å²) in [5.41, 5.74) is 0.959. The average molecular weight is 222 g/mol. The second-order valence-electron chi connectivity index (χ2n) is 5.73. The van der Waals surface area contributed by atoms with Crippen molar-refractivity contribution in [2.24, 2.45) is 5.92 Å². The van der Waals surface area contributed by atoms with E-state index in [2.05, 4.69) is 13.0 Å². The summed E-state index contributed by atoms with van der Waals surface area (Å²) in [4.78, 5) is 0. The third kappa shape index (κ3) is 2.68. The van der Waals surface area contributed by atoms with Crippen LogP contribution in [0.1, 0.15) is 71.1 Å². The summed E-state index contributed by atoms with van der Waals surface area (Å²) >= 11 is 0.